The molecule has 0 bridgehead atoms. The minimum atomic E-state index is -1.05. The van der Waals surface area contributed by atoms with Gasteiger partial charge in [0.05, 0.1) is 16.9 Å². The number of anilines is 1. The van der Waals surface area contributed by atoms with E-state index in [-0.39, 0.29) is 25.2 Å². The second kappa shape index (κ2) is 11.5. The number of benzene rings is 1. The van der Waals surface area contributed by atoms with Crippen molar-refractivity contribution in [1.82, 2.24) is 20.6 Å². The normalized spacial score (nSPS) is 12.5. The zero-order valence-corrected chi connectivity index (χ0v) is 20.5. The standard InChI is InChI=1S/C24H28N6O4S/c1-13-24(35-15(3)27-13)30-22(33)20(9-8-17(32)11-25)29-23(34)21(28-14(2)31)10-16-12-26-19-7-5-4-6-18(16)19/h4-7,11-12,20-21,25-26H,8-10H2,1-3H3,(H,28,31)(H,29,34)(H,30,33)/t20-,21-/m0/s1. The molecule has 2 heterocycles. The predicted octanol–water partition coefficient (Wildman–Crippen LogP) is 2.41. The number of aromatic nitrogens is 2. The number of fused-ring (bicyclic) bond motifs is 1. The van der Waals surface area contributed by atoms with Crippen molar-refractivity contribution in [2.24, 2.45) is 0 Å². The molecule has 184 valence electrons. The number of carbonyl (C=O) groups is 4. The summed E-state index contributed by atoms with van der Waals surface area (Å²) in [6.07, 6.45) is 2.59. The Balaban J connectivity index is 1.80. The highest BCUT2D eigenvalue weighted by Gasteiger charge is 2.28. The molecule has 11 heteroatoms. The van der Waals surface area contributed by atoms with Gasteiger partial charge in [-0.3, -0.25) is 19.2 Å². The fraction of sp³-hybridized carbons (Fsp3) is 0.333. The lowest BCUT2D eigenvalue weighted by atomic mass is 10.0. The molecule has 2 atom stereocenters. The first-order chi connectivity index (χ1) is 16.7. The van der Waals surface area contributed by atoms with E-state index < -0.39 is 29.7 Å². The second-order valence-electron chi connectivity index (χ2n) is 8.16. The third-order valence-electron chi connectivity index (χ3n) is 5.41. The SMILES string of the molecule is CC(=O)N[C@@H](Cc1c[nH]c2ccccc12)C(=O)N[C@@H](CCC(=O)C=N)C(=O)Nc1sc(C)nc1C. The fourth-order valence-corrected chi connectivity index (χ4v) is 4.54. The lowest BCUT2D eigenvalue weighted by Gasteiger charge is -2.22. The summed E-state index contributed by atoms with van der Waals surface area (Å²) in [4.78, 5) is 57.3. The lowest BCUT2D eigenvalue weighted by molar-refractivity contribution is -0.130. The molecule has 3 amide bonds. The maximum absolute atomic E-state index is 13.2. The number of amides is 3. The van der Waals surface area contributed by atoms with Crippen LogP contribution in [0.25, 0.3) is 10.9 Å². The molecule has 0 saturated carbocycles. The Labute approximate surface area is 206 Å². The summed E-state index contributed by atoms with van der Waals surface area (Å²) in [6.45, 7) is 4.90. The van der Waals surface area contributed by atoms with Gasteiger partial charge in [0, 0.05) is 36.9 Å². The molecular weight excluding hydrogens is 468 g/mol. The van der Waals surface area contributed by atoms with Crippen LogP contribution in [0.1, 0.15) is 36.0 Å². The Hall–Kier alpha value is -3.86. The van der Waals surface area contributed by atoms with Gasteiger partial charge in [-0.25, -0.2) is 4.98 Å². The quantitative estimate of drug-likeness (QED) is 0.258. The van der Waals surface area contributed by atoms with Crippen LogP contribution in [0.3, 0.4) is 0 Å². The highest BCUT2D eigenvalue weighted by atomic mass is 32.1. The van der Waals surface area contributed by atoms with E-state index in [2.05, 4.69) is 25.9 Å². The van der Waals surface area contributed by atoms with E-state index in [0.717, 1.165) is 21.5 Å². The van der Waals surface area contributed by atoms with Crippen LogP contribution >= 0.6 is 11.3 Å². The number of hydrogen-bond donors (Lipinski definition) is 5. The molecule has 35 heavy (non-hydrogen) atoms. The van der Waals surface area contributed by atoms with Crippen LogP contribution in [0.5, 0.6) is 0 Å². The average molecular weight is 497 g/mol. The van der Waals surface area contributed by atoms with E-state index in [1.165, 1.54) is 18.3 Å². The van der Waals surface area contributed by atoms with Crippen LogP contribution in [-0.2, 0) is 25.6 Å². The third-order valence-corrected chi connectivity index (χ3v) is 6.39. The van der Waals surface area contributed by atoms with Gasteiger partial charge in [0.15, 0.2) is 5.78 Å². The summed E-state index contributed by atoms with van der Waals surface area (Å²) >= 11 is 1.31. The second-order valence-corrected chi connectivity index (χ2v) is 9.37. The lowest BCUT2D eigenvalue weighted by Crippen LogP contribution is -2.53. The Bertz CT molecular complexity index is 1260. The number of ketones is 1. The first-order valence-electron chi connectivity index (χ1n) is 11.1. The number of rotatable bonds is 11. The molecule has 0 saturated heterocycles. The first-order valence-corrected chi connectivity index (χ1v) is 11.9. The van der Waals surface area contributed by atoms with E-state index >= 15 is 0 Å². The van der Waals surface area contributed by atoms with Crippen LogP contribution in [0, 0.1) is 19.3 Å². The summed E-state index contributed by atoms with van der Waals surface area (Å²) in [6, 6.07) is 5.63. The minimum Gasteiger partial charge on any atom is -0.361 e. The van der Waals surface area contributed by atoms with Crippen LogP contribution in [-0.4, -0.2) is 51.8 Å². The van der Waals surface area contributed by atoms with Crippen LogP contribution in [0.4, 0.5) is 5.00 Å². The molecule has 0 aliphatic heterocycles. The molecule has 1 aromatic carbocycles. The molecule has 3 aromatic rings. The van der Waals surface area contributed by atoms with Crippen molar-refractivity contribution >= 4 is 57.0 Å². The summed E-state index contributed by atoms with van der Waals surface area (Å²) in [5.41, 5.74) is 2.39. The van der Waals surface area contributed by atoms with Gasteiger partial charge in [0.2, 0.25) is 17.7 Å². The van der Waals surface area contributed by atoms with Crippen molar-refractivity contribution in [2.75, 3.05) is 5.32 Å². The molecule has 10 nitrogen and oxygen atoms in total. The fourth-order valence-electron chi connectivity index (χ4n) is 3.72. The van der Waals surface area contributed by atoms with Crippen molar-refractivity contribution in [2.45, 2.75) is 52.1 Å². The number of Topliss-reactive ketones (excluding diaryl/α,β-unsaturated/α-hetero) is 1. The predicted molar refractivity (Wildman–Crippen MR) is 135 cm³/mol. The third kappa shape index (κ3) is 6.82. The maximum atomic E-state index is 13.2. The van der Waals surface area contributed by atoms with E-state index in [1.54, 1.807) is 13.1 Å². The monoisotopic (exact) mass is 496 g/mol. The van der Waals surface area contributed by atoms with Gasteiger partial charge in [0.25, 0.3) is 0 Å². The van der Waals surface area contributed by atoms with Gasteiger partial charge in [-0.15, -0.1) is 11.3 Å². The molecule has 0 spiro atoms. The smallest absolute Gasteiger partial charge is 0.247 e. The molecule has 5 N–H and O–H groups in total. The number of carbonyl (C=O) groups excluding carboxylic acids is 4. The van der Waals surface area contributed by atoms with Gasteiger partial charge < -0.3 is 26.3 Å². The number of para-hydroxylation sites is 1. The van der Waals surface area contributed by atoms with Gasteiger partial charge in [-0.05, 0) is 31.9 Å². The van der Waals surface area contributed by atoms with Crippen molar-refractivity contribution in [3.05, 3.63) is 46.7 Å². The van der Waals surface area contributed by atoms with Crippen LogP contribution in [0.15, 0.2) is 30.5 Å². The van der Waals surface area contributed by atoms with Crippen LogP contribution in [0.2, 0.25) is 0 Å². The topological polar surface area (TPSA) is 157 Å². The average Bonchev–Trinajstić information content (AvgIpc) is 3.37. The number of hydrogen-bond acceptors (Lipinski definition) is 7. The number of thiazole rings is 1. The minimum absolute atomic E-state index is 0.00248. The molecule has 0 aliphatic rings. The largest absolute Gasteiger partial charge is 0.361 e. The summed E-state index contributed by atoms with van der Waals surface area (Å²) in [7, 11) is 0. The highest BCUT2D eigenvalue weighted by Crippen LogP contribution is 2.23. The van der Waals surface area contributed by atoms with Gasteiger partial charge in [0.1, 0.15) is 17.1 Å². The molecule has 3 rings (SSSR count). The van der Waals surface area contributed by atoms with E-state index in [1.807, 2.05) is 31.2 Å². The summed E-state index contributed by atoms with van der Waals surface area (Å²) in [5, 5.41) is 17.5. The van der Waals surface area contributed by atoms with Crippen molar-refractivity contribution < 1.29 is 19.2 Å². The Morgan fingerprint density at radius 1 is 1.11 bits per heavy atom. The number of aryl methyl sites for hydroxylation is 2. The number of nitrogens with one attached hydrogen (secondary N) is 5. The van der Waals surface area contributed by atoms with Crippen LogP contribution < -0.4 is 16.0 Å². The van der Waals surface area contributed by atoms with E-state index in [0.29, 0.717) is 16.9 Å². The summed E-state index contributed by atoms with van der Waals surface area (Å²) < 4.78 is 0. The molecular formula is C24H28N6O4S. The highest BCUT2D eigenvalue weighted by molar-refractivity contribution is 7.16. The zero-order valence-electron chi connectivity index (χ0n) is 19.7. The number of nitrogens with zero attached hydrogens (tertiary/aromatic N) is 1. The van der Waals surface area contributed by atoms with Crippen molar-refractivity contribution in [3.63, 3.8) is 0 Å². The van der Waals surface area contributed by atoms with Gasteiger partial charge in [-0.1, -0.05) is 18.2 Å². The molecule has 0 aliphatic carbocycles. The molecule has 0 unspecified atom stereocenters. The van der Waals surface area contributed by atoms with E-state index in [4.69, 9.17) is 5.41 Å². The number of aromatic amines is 1. The number of H-pyrrole nitrogens is 1. The Morgan fingerprint density at radius 3 is 2.51 bits per heavy atom. The maximum Gasteiger partial charge on any atom is 0.247 e. The van der Waals surface area contributed by atoms with Crippen molar-refractivity contribution in [1.29, 1.82) is 5.41 Å². The molecule has 0 radical (unpaired) electrons. The van der Waals surface area contributed by atoms with Crippen molar-refractivity contribution in [3.8, 4) is 0 Å². The zero-order chi connectivity index (χ0) is 25.5. The Morgan fingerprint density at radius 2 is 1.86 bits per heavy atom. The first kappa shape index (κ1) is 25.8. The van der Waals surface area contributed by atoms with Gasteiger partial charge >= 0.3 is 0 Å². The Kier molecular flexibility index (Phi) is 8.48. The van der Waals surface area contributed by atoms with Gasteiger partial charge in [-0.2, -0.15) is 0 Å². The molecule has 0 fully saturated rings. The molecule has 2 aromatic heterocycles. The van der Waals surface area contributed by atoms with E-state index in [9.17, 15) is 19.2 Å². The summed E-state index contributed by atoms with van der Waals surface area (Å²) in [5.74, 6) is -1.90.